The molecule has 0 saturated heterocycles. The van der Waals surface area contributed by atoms with Crippen LogP contribution in [0, 0.1) is 0 Å². The van der Waals surface area contributed by atoms with E-state index in [9.17, 15) is 13.5 Å². The average Bonchev–Trinajstić information content (AvgIpc) is 2.80. The standard InChI is InChI=1S/C12H15N3O3S2/c1-7(2)10-6-19-12(14-10)15-20(17,18)8-3-4-11(16)9(13)5-8/h3-7,16H,13H2,1-2H3,(H,14,15). The summed E-state index contributed by atoms with van der Waals surface area (Å²) >= 11 is 1.22. The molecule has 0 aliphatic rings. The molecule has 6 nitrogen and oxygen atoms in total. The zero-order chi connectivity index (χ0) is 14.9. The number of anilines is 2. The monoisotopic (exact) mass is 313 g/mol. The van der Waals surface area contributed by atoms with Crippen LogP contribution in [-0.2, 0) is 10.0 Å². The first kappa shape index (κ1) is 14.6. The maximum absolute atomic E-state index is 12.2. The highest BCUT2D eigenvalue weighted by molar-refractivity contribution is 7.93. The molecule has 8 heteroatoms. The Bertz CT molecular complexity index is 723. The van der Waals surface area contributed by atoms with E-state index >= 15 is 0 Å². The van der Waals surface area contributed by atoms with Crippen LogP contribution in [0.1, 0.15) is 25.5 Å². The van der Waals surface area contributed by atoms with E-state index in [0.717, 1.165) is 5.69 Å². The number of nitrogens with zero attached hydrogens (tertiary/aromatic N) is 1. The van der Waals surface area contributed by atoms with E-state index in [1.54, 1.807) is 0 Å². The molecule has 0 fully saturated rings. The molecule has 0 saturated carbocycles. The largest absolute Gasteiger partial charge is 0.506 e. The van der Waals surface area contributed by atoms with Crippen molar-refractivity contribution in [3.05, 3.63) is 29.3 Å². The number of thiazole rings is 1. The lowest BCUT2D eigenvalue weighted by Crippen LogP contribution is -2.13. The Kier molecular flexibility index (Phi) is 3.87. The second-order valence-corrected chi connectivity index (χ2v) is 7.10. The van der Waals surface area contributed by atoms with Gasteiger partial charge in [-0.05, 0) is 24.1 Å². The molecule has 0 atom stereocenters. The number of hydrogen-bond donors (Lipinski definition) is 3. The van der Waals surface area contributed by atoms with Gasteiger partial charge < -0.3 is 10.8 Å². The van der Waals surface area contributed by atoms with Crippen LogP contribution < -0.4 is 10.5 Å². The molecule has 0 aliphatic heterocycles. The molecule has 20 heavy (non-hydrogen) atoms. The molecule has 1 aromatic carbocycles. The van der Waals surface area contributed by atoms with Crippen molar-refractivity contribution >= 4 is 32.2 Å². The molecule has 0 spiro atoms. The number of nitrogens with one attached hydrogen (secondary N) is 1. The molecule has 2 rings (SSSR count). The zero-order valence-electron chi connectivity index (χ0n) is 11.0. The molecule has 4 N–H and O–H groups in total. The lowest BCUT2D eigenvalue weighted by Gasteiger charge is -2.07. The van der Waals surface area contributed by atoms with Crippen molar-refractivity contribution in [2.45, 2.75) is 24.7 Å². The summed E-state index contributed by atoms with van der Waals surface area (Å²) in [4.78, 5) is 4.19. The van der Waals surface area contributed by atoms with Gasteiger partial charge in [-0.2, -0.15) is 0 Å². The van der Waals surface area contributed by atoms with Crippen LogP contribution in [0.3, 0.4) is 0 Å². The van der Waals surface area contributed by atoms with Crippen molar-refractivity contribution in [2.24, 2.45) is 0 Å². The summed E-state index contributed by atoms with van der Waals surface area (Å²) < 4.78 is 26.7. The maximum atomic E-state index is 12.2. The van der Waals surface area contributed by atoms with Gasteiger partial charge in [0.2, 0.25) is 0 Å². The Hall–Kier alpha value is -1.80. The van der Waals surface area contributed by atoms with Gasteiger partial charge in [0.05, 0.1) is 16.3 Å². The maximum Gasteiger partial charge on any atom is 0.263 e. The molecular formula is C12H15N3O3S2. The molecule has 1 heterocycles. The van der Waals surface area contributed by atoms with Crippen molar-refractivity contribution < 1.29 is 13.5 Å². The van der Waals surface area contributed by atoms with Crippen LogP contribution in [0.15, 0.2) is 28.5 Å². The van der Waals surface area contributed by atoms with Crippen LogP contribution in [-0.4, -0.2) is 18.5 Å². The van der Waals surface area contributed by atoms with Crippen LogP contribution in [0.25, 0.3) is 0 Å². The van der Waals surface area contributed by atoms with Crippen molar-refractivity contribution in [1.29, 1.82) is 0 Å². The normalized spacial score (nSPS) is 11.8. The third-order valence-electron chi connectivity index (χ3n) is 2.64. The van der Waals surface area contributed by atoms with Crippen molar-refractivity contribution in [2.75, 3.05) is 10.5 Å². The van der Waals surface area contributed by atoms with Gasteiger partial charge in [0.1, 0.15) is 5.75 Å². The van der Waals surface area contributed by atoms with Gasteiger partial charge >= 0.3 is 0 Å². The Morgan fingerprint density at radius 1 is 1.40 bits per heavy atom. The Balaban J connectivity index is 2.28. The van der Waals surface area contributed by atoms with Crippen molar-refractivity contribution in [3.8, 4) is 5.75 Å². The smallest absolute Gasteiger partial charge is 0.263 e. The van der Waals surface area contributed by atoms with E-state index in [1.807, 2.05) is 19.2 Å². The SMILES string of the molecule is CC(C)c1csc(NS(=O)(=O)c2ccc(O)c(N)c2)n1. The molecule has 0 radical (unpaired) electrons. The van der Waals surface area contributed by atoms with Gasteiger partial charge in [-0.25, -0.2) is 13.4 Å². The van der Waals surface area contributed by atoms with Gasteiger partial charge in [0, 0.05) is 5.38 Å². The van der Waals surface area contributed by atoms with E-state index < -0.39 is 10.0 Å². The number of phenols is 1. The summed E-state index contributed by atoms with van der Waals surface area (Å²) in [6.07, 6.45) is 0. The molecule has 1 aromatic heterocycles. The molecular weight excluding hydrogens is 298 g/mol. The first-order valence-electron chi connectivity index (χ1n) is 5.86. The van der Waals surface area contributed by atoms with E-state index in [1.165, 1.54) is 29.5 Å². The second-order valence-electron chi connectivity index (χ2n) is 4.56. The molecule has 2 aromatic rings. The van der Waals surface area contributed by atoms with Gasteiger partial charge in [-0.1, -0.05) is 13.8 Å². The number of rotatable bonds is 4. The number of aromatic hydroxyl groups is 1. The lowest BCUT2D eigenvalue weighted by atomic mass is 10.2. The fourth-order valence-corrected chi connectivity index (χ4v) is 3.63. The van der Waals surface area contributed by atoms with Crippen molar-refractivity contribution in [3.63, 3.8) is 0 Å². The second kappa shape index (κ2) is 5.29. The summed E-state index contributed by atoms with van der Waals surface area (Å²) in [6.45, 7) is 3.96. The minimum Gasteiger partial charge on any atom is -0.506 e. The number of sulfonamides is 1. The minimum absolute atomic E-state index is 0.00915. The van der Waals surface area contributed by atoms with Crippen molar-refractivity contribution in [1.82, 2.24) is 4.98 Å². The summed E-state index contributed by atoms with van der Waals surface area (Å²) in [5, 5.41) is 11.4. The molecule has 0 bridgehead atoms. The first-order valence-corrected chi connectivity index (χ1v) is 8.22. The molecule has 0 unspecified atom stereocenters. The van der Waals surface area contributed by atoms with Crippen LogP contribution in [0.5, 0.6) is 5.75 Å². The van der Waals surface area contributed by atoms with Crippen LogP contribution in [0.4, 0.5) is 10.8 Å². The zero-order valence-corrected chi connectivity index (χ0v) is 12.6. The van der Waals surface area contributed by atoms with Crippen LogP contribution in [0.2, 0.25) is 0 Å². The number of aromatic nitrogens is 1. The first-order chi connectivity index (χ1) is 9.29. The summed E-state index contributed by atoms with van der Waals surface area (Å²) in [5.41, 5.74) is 6.34. The lowest BCUT2D eigenvalue weighted by molar-refractivity contribution is 0.477. The fourth-order valence-electron chi connectivity index (χ4n) is 1.47. The molecule has 108 valence electrons. The molecule has 0 aliphatic carbocycles. The summed E-state index contributed by atoms with van der Waals surface area (Å²) in [5.74, 6) is 0.0779. The van der Waals surface area contributed by atoms with E-state index in [0.29, 0.717) is 5.13 Å². The highest BCUT2D eigenvalue weighted by Gasteiger charge is 2.17. The quantitative estimate of drug-likeness (QED) is 0.593. The van der Waals surface area contributed by atoms with E-state index in [4.69, 9.17) is 5.73 Å². The molecule has 0 amide bonds. The topological polar surface area (TPSA) is 105 Å². The number of hydrogen-bond acceptors (Lipinski definition) is 6. The highest BCUT2D eigenvalue weighted by Crippen LogP contribution is 2.27. The van der Waals surface area contributed by atoms with Crippen LogP contribution >= 0.6 is 11.3 Å². The third-order valence-corrected chi connectivity index (χ3v) is 4.89. The summed E-state index contributed by atoms with van der Waals surface area (Å²) in [6, 6.07) is 3.73. The summed E-state index contributed by atoms with van der Waals surface area (Å²) in [7, 11) is -3.76. The Morgan fingerprint density at radius 3 is 2.65 bits per heavy atom. The predicted octanol–water partition coefficient (Wildman–Crippen LogP) is 2.36. The number of nitrogens with two attached hydrogens (primary N) is 1. The van der Waals surface area contributed by atoms with E-state index in [2.05, 4.69) is 9.71 Å². The predicted molar refractivity (Wildman–Crippen MR) is 79.5 cm³/mol. The highest BCUT2D eigenvalue weighted by atomic mass is 32.2. The Labute approximate surface area is 121 Å². The van der Waals surface area contributed by atoms with Gasteiger partial charge in [0.25, 0.3) is 10.0 Å². The van der Waals surface area contributed by atoms with Gasteiger partial charge in [0.15, 0.2) is 5.13 Å². The van der Waals surface area contributed by atoms with Gasteiger partial charge in [-0.15, -0.1) is 11.3 Å². The number of benzene rings is 1. The number of phenolic OH excluding ortho intramolecular Hbond substituents is 1. The van der Waals surface area contributed by atoms with Gasteiger partial charge in [-0.3, -0.25) is 4.72 Å². The fraction of sp³-hybridized carbons (Fsp3) is 0.250. The van der Waals surface area contributed by atoms with E-state index in [-0.39, 0.29) is 22.3 Å². The third kappa shape index (κ3) is 3.02. The number of nitrogen functional groups attached to an aromatic ring is 1. The average molecular weight is 313 g/mol. The minimum atomic E-state index is -3.76. The Morgan fingerprint density at radius 2 is 2.10 bits per heavy atom.